The number of thiol groups is 1. The van der Waals surface area contributed by atoms with Gasteiger partial charge in [-0.2, -0.15) is 0 Å². The van der Waals surface area contributed by atoms with E-state index in [0.29, 0.717) is 15.1 Å². The zero-order valence-corrected chi connectivity index (χ0v) is 9.13. The first kappa shape index (κ1) is 10.3. The lowest BCUT2D eigenvalue weighted by Crippen LogP contribution is -1.92. The van der Waals surface area contributed by atoms with Crippen molar-refractivity contribution in [2.75, 3.05) is 7.11 Å². The first-order valence-corrected chi connectivity index (χ1v) is 4.51. The minimum atomic E-state index is -0.483. The van der Waals surface area contributed by atoms with E-state index in [4.69, 9.17) is 4.74 Å². The lowest BCUT2D eigenvalue weighted by Gasteiger charge is -2.03. The lowest BCUT2D eigenvalue weighted by molar-refractivity contribution is -0.385. The molecule has 6 heteroatoms. The second-order valence-electron chi connectivity index (χ2n) is 2.23. The summed E-state index contributed by atoms with van der Waals surface area (Å²) >= 11 is 7.11. The van der Waals surface area contributed by atoms with E-state index in [0.717, 1.165) is 0 Å². The van der Waals surface area contributed by atoms with E-state index in [1.165, 1.54) is 19.2 Å². The van der Waals surface area contributed by atoms with Gasteiger partial charge in [0.15, 0.2) is 0 Å². The van der Waals surface area contributed by atoms with Gasteiger partial charge < -0.3 is 4.74 Å². The van der Waals surface area contributed by atoms with Gasteiger partial charge in [-0.15, -0.1) is 12.6 Å². The number of rotatable bonds is 2. The van der Waals surface area contributed by atoms with Crippen molar-refractivity contribution in [2.24, 2.45) is 0 Å². The Kier molecular flexibility index (Phi) is 3.16. The van der Waals surface area contributed by atoms with Crippen LogP contribution in [0.15, 0.2) is 21.5 Å². The number of hydrogen-bond donors (Lipinski definition) is 1. The van der Waals surface area contributed by atoms with Gasteiger partial charge in [0, 0.05) is 12.1 Å². The van der Waals surface area contributed by atoms with E-state index < -0.39 is 4.92 Å². The molecule has 0 saturated carbocycles. The van der Waals surface area contributed by atoms with Crippen LogP contribution in [0.3, 0.4) is 0 Å². The molecule has 0 radical (unpaired) electrons. The van der Waals surface area contributed by atoms with Crippen molar-refractivity contribution < 1.29 is 9.66 Å². The van der Waals surface area contributed by atoms with Gasteiger partial charge in [-0.3, -0.25) is 10.1 Å². The van der Waals surface area contributed by atoms with Gasteiger partial charge in [-0.05, 0) is 15.9 Å². The van der Waals surface area contributed by atoms with Gasteiger partial charge in [0.1, 0.15) is 5.75 Å². The number of nitro groups is 1. The van der Waals surface area contributed by atoms with Crippen molar-refractivity contribution >= 4 is 34.2 Å². The van der Waals surface area contributed by atoms with E-state index in [1.54, 1.807) is 0 Å². The maximum atomic E-state index is 10.5. The average Bonchev–Trinajstić information content (AvgIpc) is 2.07. The van der Waals surface area contributed by atoms with Crippen LogP contribution < -0.4 is 4.74 Å². The highest BCUT2D eigenvalue weighted by Gasteiger charge is 2.14. The fourth-order valence-electron chi connectivity index (χ4n) is 0.836. The Morgan fingerprint density at radius 2 is 2.23 bits per heavy atom. The largest absolute Gasteiger partial charge is 0.496 e. The Labute approximate surface area is 88.6 Å². The summed E-state index contributed by atoms with van der Waals surface area (Å²) in [7, 11) is 1.48. The number of nitro benzene ring substituents is 1. The lowest BCUT2D eigenvalue weighted by atomic mass is 10.3. The van der Waals surface area contributed by atoms with Crippen molar-refractivity contribution in [1.29, 1.82) is 0 Å². The normalized spacial score (nSPS) is 9.77. The van der Waals surface area contributed by atoms with Crippen LogP contribution in [0, 0.1) is 10.1 Å². The molecule has 0 heterocycles. The molecule has 0 saturated heterocycles. The molecule has 0 spiro atoms. The molecule has 0 N–H and O–H groups in total. The van der Waals surface area contributed by atoms with E-state index in [1.807, 2.05) is 0 Å². The highest BCUT2D eigenvalue weighted by molar-refractivity contribution is 9.10. The Hall–Kier alpha value is -0.750. The first-order valence-electron chi connectivity index (χ1n) is 3.27. The van der Waals surface area contributed by atoms with Crippen molar-refractivity contribution in [2.45, 2.75) is 4.90 Å². The minimum Gasteiger partial charge on any atom is -0.496 e. The van der Waals surface area contributed by atoms with Crippen LogP contribution in [0.25, 0.3) is 0 Å². The average molecular weight is 264 g/mol. The van der Waals surface area contributed by atoms with Crippen LogP contribution in [-0.2, 0) is 0 Å². The van der Waals surface area contributed by atoms with E-state index in [2.05, 4.69) is 28.6 Å². The number of ether oxygens (including phenoxy) is 1. The fourth-order valence-corrected chi connectivity index (χ4v) is 1.58. The number of benzene rings is 1. The van der Waals surface area contributed by atoms with E-state index in [9.17, 15) is 10.1 Å². The van der Waals surface area contributed by atoms with Gasteiger partial charge in [-0.1, -0.05) is 0 Å². The van der Waals surface area contributed by atoms with Crippen LogP contribution in [0.4, 0.5) is 5.69 Å². The summed E-state index contributed by atoms with van der Waals surface area (Å²) in [5.41, 5.74) is -0.0224. The maximum Gasteiger partial charge on any atom is 0.284 e. The van der Waals surface area contributed by atoms with Crippen molar-refractivity contribution in [1.82, 2.24) is 0 Å². The summed E-state index contributed by atoms with van der Waals surface area (Å²) in [6, 6.07) is 2.85. The van der Waals surface area contributed by atoms with Crippen LogP contribution in [0.1, 0.15) is 0 Å². The molecule has 0 bridgehead atoms. The Bertz CT molecular complexity index is 356. The third-order valence-corrected chi connectivity index (χ3v) is 2.43. The van der Waals surface area contributed by atoms with Gasteiger partial charge >= 0.3 is 0 Å². The molecule has 4 nitrogen and oxygen atoms in total. The molecule has 13 heavy (non-hydrogen) atoms. The molecule has 0 fully saturated rings. The molecule has 70 valence electrons. The highest BCUT2D eigenvalue weighted by Crippen LogP contribution is 2.34. The Balaban J connectivity index is 3.28. The molecule has 0 aromatic heterocycles. The van der Waals surface area contributed by atoms with Crippen LogP contribution in [-0.4, -0.2) is 12.0 Å². The molecule has 0 atom stereocenters. The van der Waals surface area contributed by atoms with Gasteiger partial charge in [0.05, 0.1) is 21.4 Å². The van der Waals surface area contributed by atoms with Gasteiger partial charge in [0.25, 0.3) is 5.69 Å². The second kappa shape index (κ2) is 3.97. The molecule has 1 aromatic carbocycles. The molecule has 0 amide bonds. The number of nitrogens with zero attached hydrogens (tertiary/aromatic N) is 1. The second-order valence-corrected chi connectivity index (χ2v) is 3.57. The molecular formula is C7H6BrNO3S. The number of hydrogen-bond acceptors (Lipinski definition) is 4. The Morgan fingerprint density at radius 3 is 2.69 bits per heavy atom. The van der Waals surface area contributed by atoms with Crippen molar-refractivity contribution in [3.05, 3.63) is 26.7 Å². The molecule has 0 aliphatic heterocycles. The predicted octanol–water partition coefficient (Wildman–Crippen LogP) is 2.65. The Morgan fingerprint density at radius 1 is 1.62 bits per heavy atom. The summed E-state index contributed by atoms with van der Waals surface area (Å²) < 4.78 is 5.31. The molecule has 1 aromatic rings. The summed E-state index contributed by atoms with van der Waals surface area (Å²) in [5.74, 6) is 0.501. The topological polar surface area (TPSA) is 52.4 Å². The van der Waals surface area contributed by atoms with Gasteiger partial charge in [-0.25, -0.2) is 0 Å². The summed E-state index contributed by atoms with van der Waals surface area (Å²) in [5, 5.41) is 10.5. The molecule has 0 aliphatic rings. The monoisotopic (exact) mass is 263 g/mol. The van der Waals surface area contributed by atoms with Crippen molar-refractivity contribution in [3.8, 4) is 5.75 Å². The molecule has 1 rings (SSSR count). The maximum absolute atomic E-state index is 10.5. The first-order chi connectivity index (χ1) is 6.06. The molecular weight excluding hydrogens is 258 g/mol. The van der Waals surface area contributed by atoms with Crippen LogP contribution in [0.2, 0.25) is 0 Å². The molecule has 0 aliphatic carbocycles. The summed E-state index contributed by atoms with van der Waals surface area (Å²) in [6.45, 7) is 0. The standard InChI is InChI=1S/C7H6BrNO3S/c1-12-6-2-4(8)5(9(10)11)3-7(6)13/h2-3,13H,1H3. The summed E-state index contributed by atoms with van der Waals surface area (Å²) in [6.07, 6.45) is 0. The quantitative estimate of drug-likeness (QED) is 0.507. The number of halogens is 1. The van der Waals surface area contributed by atoms with E-state index >= 15 is 0 Å². The third-order valence-electron chi connectivity index (χ3n) is 1.45. The smallest absolute Gasteiger partial charge is 0.284 e. The molecule has 0 unspecified atom stereocenters. The van der Waals surface area contributed by atoms with Gasteiger partial charge in [0.2, 0.25) is 0 Å². The fraction of sp³-hybridized carbons (Fsp3) is 0.143. The van der Waals surface area contributed by atoms with Crippen LogP contribution in [0.5, 0.6) is 5.75 Å². The van der Waals surface area contributed by atoms with Crippen LogP contribution >= 0.6 is 28.6 Å². The zero-order valence-electron chi connectivity index (χ0n) is 6.65. The predicted molar refractivity (Wildman–Crippen MR) is 54.6 cm³/mol. The highest BCUT2D eigenvalue weighted by atomic mass is 79.9. The third kappa shape index (κ3) is 2.13. The summed E-state index contributed by atoms with van der Waals surface area (Å²) in [4.78, 5) is 10.4. The van der Waals surface area contributed by atoms with E-state index in [-0.39, 0.29) is 5.69 Å². The zero-order chi connectivity index (χ0) is 10.0. The SMILES string of the molecule is COc1cc(Br)c([N+](=O)[O-])cc1S. The van der Waals surface area contributed by atoms with Crippen molar-refractivity contribution in [3.63, 3.8) is 0 Å². The minimum absolute atomic E-state index is 0.0224. The number of methoxy groups -OCH3 is 1.